The van der Waals surface area contributed by atoms with E-state index in [0.717, 1.165) is 5.56 Å². The smallest absolute Gasteiger partial charge is 0.316 e. The molecule has 4 rings (SSSR count). The molecule has 7 nitrogen and oxygen atoms in total. The van der Waals surface area contributed by atoms with Gasteiger partial charge in [0, 0.05) is 25.6 Å². The highest BCUT2D eigenvalue weighted by Gasteiger charge is 2.43. The summed E-state index contributed by atoms with van der Waals surface area (Å²) in [5.41, 5.74) is 2.03. The zero-order chi connectivity index (χ0) is 26.0. The van der Waals surface area contributed by atoms with Gasteiger partial charge in [0.1, 0.15) is 11.5 Å². The first kappa shape index (κ1) is 26.1. The number of carbonyl (C=O) groups excluding carboxylic acids is 2. The van der Waals surface area contributed by atoms with Crippen LogP contribution < -0.4 is 5.32 Å². The molecular weight excluding hydrogens is 487 g/mol. The van der Waals surface area contributed by atoms with Gasteiger partial charge < -0.3 is 24.5 Å². The number of carbonyl (C=O) groups is 2. The molecule has 2 aromatic carbocycles. The summed E-state index contributed by atoms with van der Waals surface area (Å²) in [7, 11) is 1.70. The van der Waals surface area contributed by atoms with Crippen molar-refractivity contribution in [3.8, 4) is 0 Å². The van der Waals surface area contributed by atoms with E-state index in [1.54, 1.807) is 49.7 Å². The van der Waals surface area contributed by atoms with E-state index in [4.69, 9.17) is 21.1 Å². The first-order chi connectivity index (χ1) is 17.2. The molecule has 2 N–H and O–H groups in total. The Morgan fingerprint density at radius 3 is 2.53 bits per heavy atom. The number of aryl methyl sites for hydroxylation is 2. The number of aromatic nitrogens is 1. The van der Waals surface area contributed by atoms with Gasteiger partial charge in [-0.2, -0.15) is 0 Å². The summed E-state index contributed by atoms with van der Waals surface area (Å²) < 4.78 is 26.8. The molecule has 0 bridgehead atoms. The van der Waals surface area contributed by atoms with Gasteiger partial charge in [0.05, 0.1) is 35.2 Å². The second kappa shape index (κ2) is 10.6. The number of esters is 1. The number of aliphatic hydroxyl groups is 1. The maximum absolute atomic E-state index is 14.3. The van der Waals surface area contributed by atoms with E-state index < -0.39 is 23.2 Å². The Bertz CT molecular complexity index is 1280. The number of hydrogen-bond donors (Lipinski definition) is 2. The summed E-state index contributed by atoms with van der Waals surface area (Å²) in [6.07, 6.45) is 1.05. The number of hydrogen-bond acceptors (Lipinski definition) is 5. The second-order valence-electron chi connectivity index (χ2n) is 9.09. The van der Waals surface area contributed by atoms with Crippen molar-refractivity contribution in [3.05, 3.63) is 69.6 Å². The van der Waals surface area contributed by atoms with E-state index in [1.165, 1.54) is 0 Å². The molecule has 1 saturated heterocycles. The molecule has 1 fully saturated rings. The number of nitrogens with zero attached hydrogens (tertiary/aromatic N) is 1. The molecule has 9 heteroatoms. The van der Waals surface area contributed by atoms with Crippen LogP contribution in [0.4, 0.5) is 4.39 Å². The number of amides is 1. The lowest BCUT2D eigenvalue weighted by molar-refractivity contribution is -0.154. The Morgan fingerprint density at radius 1 is 1.25 bits per heavy atom. The van der Waals surface area contributed by atoms with Crippen LogP contribution in [-0.2, 0) is 26.7 Å². The molecule has 3 aromatic rings. The molecular formula is C27H30ClFN2O5. The third kappa shape index (κ3) is 4.61. The largest absolute Gasteiger partial charge is 0.465 e. The zero-order valence-electron chi connectivity index (χ0n) is 20.6. The molecule has 192 valence electrons. The molecule has 1 atom stereocenters. The first-order valence-corrected chi connectivity index (χ1v) is 12.3. The van der Waals surface area contributed by atoms with Crippen molar-refractivity contribution in [2.45, 2.75) is 38.1 Å². The van der Waals surface area contributed by atoms with E-state index in [9.17, 15) is 19.1 Å². The summed E-state index contributed by atoms with van der Waals surface area (Å²) in [5, 5.41) is 13.3. The Balaban J connectivity index is 1.59. The van der Waals surface area contributed by atoms with E-state index in [-0.39, 0.29) is 23.3 Å². The number of nitrogens with one attached hydrogen (secondary N) is 1. The third-order valence-electron chi connectivity index (χ3n) is 7.01. The highest BCUT2D eigenvalue weighted by molar-refractivity contribution is 6.36. The van der Waals surface area contributed by atoms with Crippen molar-refractivity contribution >= 4 is 34.4 Å². The number of rotatable bonds is 7. The maximum atomic E-state index is 14.3. The van der Waals surface area contributed by atoms with Gasteiger partial charge in [0.15, 0.2) is 0 Å². The van der Waals surface area contributed by atoms with E-state index in [0.29, 0.717) is 54.7 Å². The summed E-state index contributed by atoms with van der Waals surface area (Å²) in [6.45, 7) is 4.29. The minimum Gasteiger partial charge on any atom is -0.465 e. The van der Waals surface area contributed by atoms with Crippen molar-refractivity contribution < 1.29 is 28.6 Å². The Morgan fingerprint density at radius 2 is 1.92 bits per heavy atom. The molecule has 36 heavy (non-hydrogen) atoms. The quantitative estimate of drug-likeness (QED) is 0.456. The summed E-state index contributed by atoms with van der Waals surface area (Å²) in [4.78, 5) is 26.0. The van der Waals surface area contributed by atoms with Gasteiger partial charge >= 0.3 is 5.97 Å². The molecule has 1 aliphatic rings. The average Bonchev–Trinajstić information content (AvgIpc) is 3.22. The predicted molar refractivity (Wildman–Crippen MR) is 135 cm³/mol. The van der Waals surface area contributed by atoms with Crippen molar-refractivity contribution in [1.29, 1.82) is 0 Å². The topological polar surface area (TPSA) is 89.8 Å². The van der Waals surface area contributed by atoms with Crippen LogP contribution in [0.1, 0.15) is 53.0 Å². The van der Waals surface area contributed by atoms with Gasteiger partial charge in [0.25, 0.3) is 5.91 Å². The highest BCUT2D eigenvalue weighted by atomic mass is 35.5. The van der Waals surface area contributed by atoms with Crippen molar-refractivity contribution in [2.75, 3.05) is 26.4 Å². The molecule has 1 aliphatic heterocycles. The number of ether oxygens (including phenoxy) is 2. The fraction of sp³-hybridized carbons (Fsp3) is 0.407. The van der Waals surface area contributed by atoms with Crippen LogP contribution in [0.5, 0.6) is 0 Å². The molecule has 0 saturated carbocycles. The van der Waals surface area contributed by atoms with Crippen molar-refractivity contribution in [2.24, 2.45) is 7.05 Å². The third-order valence-corrected chi connectivity index (χ3v) is 7.38. The van der Waals surface area contributed by atoms with Gasteiger partial charge in [-0.15, -0.1) is 0 Å². The highest BCUT2D eigenvalue weighted by Crippen LogP contribution is 2.37. The Labute approximate surface area is 214 Å². The zero-order valence-corrected chi connectivity index (χ0v) is 21.3. The fourth-order valence-corrected chi connectivity index (χ4v) is 5.15. The molecule has 1 amide bonds. The number of fused-ring (bicyclic) bond motifs is 1. The normalized spacial score (nSPS) is 16.1. The monoisotopic (exact) mass is 516 g/mol. The summed E-state index contributed by atoms with van der Waals surface area (Å²) >= 11 is 6.18. The minimum absolute atomic E-state index is 0.0300. The Hall–Kier alpha value is -2.94. The van der Waals surface area contributed by atoms with Gasteiger partial charge in [-0.25, -0.2) is 4.39 Å². The lowest BCUT2D eigenvalue weighted by Crippen LogP contribution is -2.42. The van der Waals surface area contributed by atoms with Crippen molar-refractivity contribution in [3.63, 3.8) is 0 Å². The summed E-state index contributed by atoms with van der Waals surface area (Å²) in [6, 6.07) is 9.77. The molecule has 0 radical (unpaired) electrons. The second-order valence-corrected chi connectivity index (χ2v) is 9.47. The van der Waals surface area contributed by atoms with Crippen LogP contribution in [-0.4, -0.2) is 48.0 Å². The molecule has 0 aliphatic carbocycles. The predicted octanol–water partition coefficient (Wildman–Crippen LogP) is 4.35. The molecule has 0 spiro atoms. The van der Waals surface area contributed by atoms with Gasteiger partial charge in [0.2, 0.25) is 0 Å². The minimum atomic E-state index is -0.777. The van der Waals surface area contributed by atoms with Crippen molar-refractivity contribution in [1.82, 2.24) is 9.88 Å². The van der Waals surface area contributed by atoms with Crippen LogP contribution >= 0.6 is 11.6 Å². The standard InChI is InChI=1S/C27H30ClFN2O5/c1-4-36-26(34)27(9-11-35-12-10-27)18-7-5-17(6-8-18)20(15-32)30-25(33)22-14-19-21(31(22)3)13-16(2)24(29)23(19)28/h5-8,13-14,20,32H,4,9-12,15H2,1-3H3,(H,30,33)/t20-/m1/s1. The maximum Gasteiger partial charge on any atom is 0.316 e. The number of halogens is 2. The van der Waals surface area contributed by atoms with Gasteiger partial charge in [-0.05, 0) is 55.5 Å². The van der Waals surface area contributed by atoms with Gasteiger partial charge in [-0.3, -0.25) is 9.59 Å². The van der Waals surface area contributed by atoms with Crippen LogP contribution in [0.25, 0.3) is 10.9 Å². The van der Waals surface area contributed by atoms with Crippen LogP contribution in [0.2, 0.25) is 5.02 Å². The lowest BCUT2D eigenvalue weighted by atomic mass is 9.74. The van der Waals surface area contributed by atoms with Crippen LogP contribution in [0.15, 0.2) is 36.4 Å². The van der Waals surface area contributed by atoms with E-state index in [2.05, 4.69) is 5.32 Å². The summed E-state index contributed by atoms with van der Waals surface area (Å²) in [5.74, 6) is -1.22. The number of benzene rings is 2. The molecule has 1 aromatic heterocycles. The van der Waals surface area contributed by atoms with E-state index >= 15 is 0 Å². The SMILES string of the molecule is CCOC(=O)C1(c2ccc([C@@H](CO)NC(=O)c3cc4c(Cl)c(F)c(C)cc4n3C)cc2)CCOCC1. The molecule has 2 heterocycles. The number of aliphatic hydroxyl groups excluding tert-OH is 1. The molecule has 0 unspecified atom stereocenters. The average molecular weight is 517 g/mol. The van der Waals surface area contributed by atoms with Gasteiger partial charge in [-0.1, -0.05) is 35.9 Å². The fourth-order valence-electron chi connectivity index (χ4n) is 4.85. The van der Waals surface area contributed by atoms with Crippen LogP contribution in [0, 0.1) is 12.7 Å². The van der Waals surface area contributed by atoms with E-state index in [1.807, 2.05) is 12.1 Å². The first-order valence-electron chi connectivity index (χ1n) is 11.9. The lowest BCUT2D eigenvalue weighted by Gasteiger charge is -2.35. The van der Waals surface area contributed by atoms with Crippen LogP contribution in [0.3, 0.4) is 0 Å². The Kier molecular flexibility index (Phi) is 7.68.